The van der Waals surface area contributed by atoms with Crippen LogP contribution in [0.25, 0.3) is 0 Å². The molecule has 0 aromatic heterocycles. The topological polar surface area (TPSA) is 74.7 Å². The van der Waals surface area contributed by atoms with Crippen LogP contribution in [0.4, 0.5) is 0 Å². The number of rotatable bonds is 7. The van der Waals surface area contributed by atoms with E-state index in [0.717, 1.165) is 19.1 Å². The molecule has 0 heterocycles. The summed E-state index contributed by atoms with van der Waals surface area (Å²) in [5.41, 5.74) is 0. The van der Waals surface area contributed by atoms with Gasteiger partial charge in [-0.1, -0.05) is 0 Å². The Bertz CT molecular complexity index is 286. The molecule has 0 fully saturated rings. The van der Waals surface area contributed by atoms with Crippen LogP contribution in [0.15, 0.2) is 0 Å². The van der Waals surface area contributed by atoms with E-state index in [-0.39, 0.29) is 12.5 Å². The summed E-state index contributed by atoms with van der Waals surface area (Å²) in [4.78, 5) is 12.7. The molecule has 0 aliphatic rings. The Morgan fingerprint density at radius 1 is 1.27 bits per heavy atom. The fraction of sp³-hybridized carbons (Fsp3) is 0.889. The highest BCUT2D eigenvalue weighted by atomic mass is 32.2. The van der Waals surface area contributed by atoms with Crippen molar-refractivity contribution in [1.82, 2.24) is 4.90 Å². The van der Waals surface area contributed by atoms with Crippen LogP contribution in [-0.4, -0.2) is 56.5 Å². The van der Waals surface area contributed by atoms with Gasteiger partial charge >= 0.3 is 0 Å². The number of unbranched alkanes of at least 4 members (excludes halogenated alkanes) is 2. The van der Waals surface area contributed by atoms with Gasteiger partial charge < -0.3 is 10.0 Å². The standard InChI is InChI=1S/C9H19NO4S/c1-10(6-4-3-5-7-11)9(12)8-15(2,13)14/h11H,3-8H2,1-2H3. The van der Waals surface area contributed by atoms with Crippen LogP contribution in [0, 0.1) is 0 Å². The minimum atomic E-state index is -3.23. The van der Waals surface area contributed by atoms with Crippen molar-refractivity contribution in [3.8, 4) is 0 Å². The van der Waals surface area contributed by atoms with Gasteiger partial charge in [0.1, 0.15) is 5.75 Å². The van der Waals surface area contributed by atoms with Crippen molar-refractivity contribution in [3.05, 3.63) is 0 Å². The molecule has 0 unspecified atom stereocenters. The molecule has 0 saturated heterocycles. The van der Waals surface area contributed by atoms with Crippen LogP contribution in [0.1, 0.15) is 19.3 Å². The molecule has 0 atom stereocenters. The predicted molar refractivity (Wildman–Crippen MR) is 58.3 cm³/mol. The lowest BCUT2D eigenvalue weighted by Gasteiger charge is -2.16. The first-order valence-electron chi connectivity index (χ1n) is 4.89. The fourth-order valence-electron chi connectivity index (χ4n) is 1.10. The van der Waals surface area contributed by atoms with Crippen molar-refractivity contribution in [3.63, 3.8) is 0 Å². The van der Waals surface area contributed by atoms with E-state index in [1.54, 1.807) is 7.05 Å². The quantitative estimate of drug-likeness (QED) is 0.614. The van der Waals surface area contributed by atoms with E-state index in [2.05, 4.69) is 0 Å². The molecule has 0 saturated carbocycles. The third-order valence-electron chi connectivity index (χ3n) is 1.96. The first-order valence-corrected chi connectivity index (χ1v) is 6.95. The molecule has 5 nitrogen and oxygen atoms in total. The van der Waals surface area contributed by atoms with Crippen molar-refractivity contribution in [2.24, 2.45) is 0 Å². The number of carbonyl (C=O) groups excluding carboxylic acids is 1. The average Bonchev–Trinajstić information content (AvgIpc) is 2.09. The van der Waals surface area contributed by atoms with Crippen LogP contribution < -0.4 is 0 Å². The SMILES string of the molecule is CN(CCCCCO)C(=O)CS(C)(=O)=O. The summed E-state index contributed by atoms with van der Waals surface area (Å²) < 4.78 is 21.7. The van der Waals surface area contributed by atoms with Gasteiger partial charge in [0, 0.05) is 26.5 Å². The molecule has 0 aliphatic carbocycles. The number of amides is 1. The third-order valence-corrected chi connectivity index (χ3v) is 2.73. The van der Waals surface area contributed by atoms with Gasteiger partial charge in [-0.3, -0.25) is 4.79 Å². The lowest BCUT2D eigenvalue weighted by Crippen LogP contribution is -2.32. The second-order valence-corrected chi connectivity index (χ2v) is 5.81. The summed E-state index contributed by atoms with van der Waals surface area (Å²) in [5, 5.41) is 8.53. The average molecular weight is 237 g/mol. The van der Waals surface area contributed by atoms with E-state index in [1.807, 2.05) is 0 Å². The Morgan fingerprint density at radius 2 is 1.87 bits per heavy atom. The first kappa shape index (κ1) is 14.4. The number of hydrogen-bond acceptors (Lipinski definition) is 4. The van der Waals surface area contributed by atoms with Gasteiger partial charge in [-0.25, -0.2) is 8.42 Å². The van der Waals surface area contributed by atoms with Gasteiger partial charge in [-0.15, -0.1) is 0 Å². The van der Waals surface area contributed by atoms with Crippen molar-refractivity contribution in [2.45, 2.75) is 19.3 Å². The highest BCUT2D eigenvalue weighted by molar-refractivity contribution is 7.91. The van der Waals surface area contributed by atoms with E-state index < -0.39 is 15.6 Å². The highest BCUT2D eigenvalue weighted by Crippen LogP contribution is 1.98. The Labute approximate surface area is 91.0 Å². The van der Waals surface area contributed by atoms with Gasteiger partial charge in [0.25, 0.3) is 0 Å². The zero-order valence-electron chi connectivity index (χ0n) is 9.27. The van der Waals surface area contributed by atoms with Crippen LogP contribution in [-0.2, 0) is 14.6 Å². The first-order chi connectivity index (χ1) is 6.87. The zero-order valence-corrected chi connectivity index (χ0v) is 10.1. The second-order valence-electron chi connectivity index (χ2n) is 3.67. The predicted octanol–water partition coefficient (Wildman–Crippen LogP) is -0.348. The second kappa shape index (κ2) is 6.79. The Kier molecular flexibility index (Phi) is 6.51. The summed E-state index contributed by atoms with van der Waals surface area (Å²) in [6, 6.07) is 0. The largest absolute Gasteiger partial charge is 0.396 e. The Morgan fingerprint density at radius 3 is 2.33 bits per heavy atom. The lowest BCUT2D eigenvalue weighted by atomic mass is 10.2. The van der Waals surface area contributed by atoms with Crippen LogP contribution >= 0.6 is 0 Å². The van der Waals surface area contributed by atoms with Crippen molar-refractivity contribution in [2.75, 3.05) is 32.2 Å². The third kappa shape index (κ3) is 8.38. The molecule has 0 aromatic rings. The maximum atomic E-state index is 11.3. The number of sulfone groups is 1. The molecule has 0 spiro atoms. The van der Waals surface area contributed by atoms with E-state index in [1.165, 1.54) is 4.90 Å². The maximum absolute atomic E-state index is 11.3. The van der Waals surface area contributed by atoms with E-state index >= 15 is 0 Å². The monoisotopic (exact) mass is 237 g/mol. The fourth-order valence-corrected chi connectivity index (χ4v) is 1.77. The van der Waals surface area contributed by atoms with E-state index in [0.29, 0.717) is 13.0 Å². The maximum Gasteiger partial charge on any atom is 0.237 e. The molecule has 6 heteroatoms. The molecular formula is C9H19NO4S. The molecule has 0 rings (SSSR count). The number of hydrogen-bond donors (Lipinski definition) is 1. The van der Waals surface area contributed by atoms with Crippen molar-refractivity contribution >= 4 is 15.7 Å². The van der Waals surface area contributed by atoms with Gasteiger partial charge in [0.15, 0.2) is 9.84 Å². The van der Waals surface area contributed by atoms with Gasteiger partial charge in [-0.05, 0) is 19.3 Å². The summed E-state index contributed by atoms with van der Waals surface area (Å²) in [5.74, 6) is -0.801. The number of aliphatic hydroxyl groups is 1. The van der Waals surface area contributed by atoms with Crippen molar-refractivity contribution in [1.29, 1.82) is 0 Å². The van der Waals surface area contributed by atoms with Gasteiger partial charge in [0.05, 0.1) is 0 Å². The van der Waals surface area contributed by atoms with Gasteiger partial charge in [0.2, 0.25) is 5.91 Å². The number of carbonyl (C=O) groups is 1. The summed E-state index contributed by atoms with van der Waals surface area (Å²) in [6.07, 6.45) is 3.39. The number of aliphatic hydroxyl groups excluding tert-OH is 1. The normalized spacial score (nSPS) is 11.4. The number of nitrogens with zero attached hydrogens (tertiary/aromatic N) is 1. The van der Waals surface area contributed by atoms with Crippen LogP contribution in [0.3, 0.4) is 0 Å². The molecule has 0 radical (unpaired) electrons. The zero-order chi connectivity index (χ0) is 11.9. The van der Waals surface area contributed by atoms with E-state index in [4.69, 9.17) is 5.11 Å². The summed E-state index contributed by atoms with van der Waals surface area (Å²) in [7, 11) is -1.65. The van der Waals surface area contributed by atoms with Crippen molar-refractivity contribution < 1.29 is 18.3 Å². The van der Waals surface area contributed by atoms with Crippen LogP contribution in [0.2, 0.25) is 0 Å². The van der Waals surface area contributed by atoms with Gasteiger partial charge in [-0.2, -0.15) is 0 Å². The Balaban J connectivity index is 3.80. The molecule has 0 bridgehead atoms. The summed E-state index contributed by atoms with van der Waals surface area (Å²) >= 11 is 0. The minimum absolute atomic E-state index is 0.154. The highest BCUT2D eigenvalue weighted by Gasteiger charge is 2.14. The molecule has 15 heavy (non-hydrogen) atoms. The van der Waals surface area contributed by atoms with Crippen LogP contribution in [0.5, 0.6) is 0 Å². The lowest BCUT2D eigenvalue weighted by molar-refractivity contribution is -0.127. The van der Waals surface area contributed by atoms with E-state index in [9.17, 15) is 13.2 Å². The Hall–Kier alpha value is -0.620. The summed E-state index contributed by atoms with van der Waals surface area (Å²) in [6.45, 7) is 0.690. The molecule has 1 N–H and O–H groups in total. The molecule has 0 aromatic carbocycles. The molecule has 0 aliphatic heterocycles. The smallest absolute Gasteiger partial charge is 0.237 e. The molecule has 1 amide bonds. The molecule has 90 valence electrons. The minimum Gasteiger partial charge on any atom is -0.396 e. The molecular weight excluding hydrogens is 218 g/mol.